The molecule has 300 valence electrons. The Morgan fingerprint density at radius 1 is 0.929 bits per heavy atom. The van der Waals surface area contributed by atoms with Crippen LogP contribution in [0.25, 0.3) is 11.0 Å². The van der Waals surface area contributed by atoms with E-state index in [4.69, 9.17) is 23.4 Å². The van der Waals surface area contributed by atoms with E-state index in [0.717, 1.165) is 11.1 Å². The van der Waals surface area contributed by atoms with Crippen LogP contribution in [0, 0.1) is 11.8 Å². The Bertz CT molecular complexity index is 2040. The van der Waals surface area contributed by atoms with E-state index >= 15 is 0 Å². The third-order valence-electron chi connectivity index (χ3n) is 9.61. The van der Waals surface area contributed by atoms with Crippen LogP contribution in [0.1, 0.15) is 37.0 Å². The van der Waals surface area contributed by atoms with Crippen LogP contribution >= 0.6 is 0 Å². The molecule has 0 aliphatic carbocycles. The third-order valence-corrected chi connectivity index (χ3v) is 11.4. The summed E-state index contributed by atoms with van der Waals surface area (Å²) in [6, 6.07) is 21.9. The molecule has 0 radical (unpaired) electrons. The van der Waals surface area contributed by atoms with Crippen LogP contribution in [0.2, 0.25) is 0 Å². The summed E-state index contributed by atoms with van der Waals surface area (Å²) in [7, 11) is -4.21. The van der Waals surface area contributed by atoms with E-state index in [2.05, 4.69) is 16.0 Å². The predicted octanol–water partition coefficient (Wildman–Crippen LogP) is 4.08. The lowest BCUT2D eigenvalue weighted by Crippen LogP contribution is -2.51. The molecule has 0 saturated carbocycles. The quantitative estimate of drug-likeness (QED) is 0.120. The van der Waals surface area contributed by atoms with Gasteiger partial charge in [0, 0.05) is 30.6 Å². The molecule has 1 unspecified atom stereocenters. The van der Waals surface area contributed by atoms with Crippen LogP contribution in [0.5, 0.6) is 0 Å². The molecule has 6 rings (SSSR count). The van der Waals surface area contributed by atoms with E-state index in [1.807, 2.05) is 74.5 Å². The van der Waals surface area contributed by atoms with Gasteiger partial charge in [-0.15, -0.1) is 0 Å². The van der Waals surface area contributed by atoms with Crippen molar-refractivity contribution in [3.05, 3.63) is 102 Å². The summed E-state index contributed by atoms with van der Waals surface area (Å²) in [4.78, 5) is 37.8. The highest BCUT2D eigenvalue weighted by Crippen LogP contribution is 2.33. The summed E-state index contributed by atoms with van der Waals surface area (Å²) in [5.41, 5.74) is 2.55. The molecule has 2 saturated heterocycles. The molecule has 3 heterocycles. The molecule has 2 aliphatic heterocycles. The Kier molecular flexibility index (Phi) is 13.6. The number of alkyl carbamates (subject to hydrolysis) is 2. The van der Waals surface area contributed by atoms with Gasteiger partial charge in [-0.2, -0.15) is 4.31 Å². The van der Waals surface area contributed by atoms with E-state index in [9.17, 15) is 27.9 Å². The molecule has 15 nitrogen and oxygen atoms in total. The Balaban J connectivity index is 1.11. The minimum absolute atomic E-state index is 0.00512. The zero-order valence-electron chi connectivity index (χ0n) is 31.3. The normalized spacial score (nSPS) is 19.1. The SMILES string of the molecule is CC(C)CN(C[C@@H](O)[C@H](Cc1ccccc1)NC(=O)OC1CO[C@H]2OCC[C@@H]12)S(=O)(=O)c1ccc2occ(CNC(=O)CNC(=O)OCc3ccccc3)c2c1. The minimum atomic E-state index is -4.21. The fourth-order valence-corrected chi connectivity index (χ4v) is 8.37. The number of rotatable bonds is 17. The Hall–Kier alpha value is -5.00. The Morgan fingerprint density at radius 3 is 2.39 bits per heavy atom. The second kappa shape index (κ2) is 18.8. The van der Waals surface area contributed by atoms with Crippen molar-refractivity contribution in [1.29, 1.82) is 0 Å². The van der Waals surface area contributed by atoms with Gasteiger partial charge in [-0.1, -0.05) is 74.5 Å². The molecule has 56 heavy (non-hydrogen) atoms. The van der Waals surface area contributed by atoms with Gasteiger partial charge in [0.05, 0.1) is 42.4 Å². The number of aliphatic hydroxyl groups excluding tert-OH is 1. The van der Waals surface area contributed by atoms with Crippen molar-refractivity contribution in [2.75, 3.05) is 32.8 Å². The highest BCUT2D eigenvalue weighted by molar-refractivity contribution is 7.89. The first-order valence-corrected chi connectivity index (χ1v) is 20.0. The second-order valence-corrected chi connectivity index (χ2v) is 16.2. The van der Waals surface area contributed by atoms with Gasteiger partial charge in [-0.05, 0) is 48.1 Å². The number of carbonyl (C=O) groups excluding carboxylic acids is 3. The summed E-state index contributed by atoms with van der Waals surface area (Å²) < 4.78 is 57.5. The van der Waals surface area contributed by atoms with Crippen molar-refractivity contribution in [3.8, 4) is 0 Å². The minimum Gasteiger partial charge on any atom is -0.464 e. The largest absolute Gasteiger partial charge is 0.464 e. The summed E-state index contributed by atoms with van der Waals surface area (Å²) in [5.74, 6) is -0.681. The van der Waals surface area contributed by atoms with E-state index < -0.39 is 52.7 Å². The number of amides is 3. The fraction of sp³-hybridized carbons (Fsp3) is 0.425. The van der Waals surface area contributed by atoms with Crippen molar-refractivity contribution < 1.29 is 51.3 Å². The maximum absolute atomic E-state index is 14.3. The molecule has 1 aromatic heterocycles. The first kappa shape index (κ1) is 40.7. The molecular weight excluding hydrogens is 745 g/mol. The molecule has 0 bridgehead atoms. The van der Waals surface area contributed by atoms with Crippen molar-refractivity contribution in [3.63, 3.8) is 0 Å². The van der Waals surface area contributed by atoms with Crippen LogP contribution in [-0.4, -0.2) is 93.3 Å². The molecule has 2 aliphatic rings. The van der Waals surface area contributed by atoms with Gasteiger partial charge in [0.25, 0.3) is 0 Å². The summed E-state index contributed by atoms with van der Waals surface area (Å²) >= 11 is 0. The van der Waals surface area contributed by atoms with Gasteiger partial charge in [-0.3, -0.25) is 4.79 Å². The molecule has 3 amide bonds. The van der Waals surface area contributed by atoms with Crippen LogP contribution in [0.3, 0.4) is 0 Å². The molecule has 0 spiro atoms. The number of carbonyl (C=O) groups is 3. The predicted molar refractivity (Wildman–Crippen MR) is 203 cm³/mol. The van der Waals surface area contributed by atoms with Gasteiger partial charge >= 0.3 is 12.2 Å². The maximum Gasteiger partial charge on any atom is 0.407 e. The number of nitrogens with one attached hydrogen (secondary N) is 3. The van der Waals surface area contributed by atoms with E-state index in [1.165, 1.54) is 28.8 Å². The number of hydrogen-bond acceptors (Lipinski definition) is 11. The Morgan fingerprint density at radius 2 is 1.66 bits per heavy atom. The number of sulfonamides is 1. The number of benzene rings is 3. The topological polar surface area (TPSA) is 195 Å². The second-order valence-electron chi connectivity index (χ2n) is 14.3. The summed E-state index contributed by atoms with van der Waals surface area (Å²) in [6.45, 7) is 3.93. The van der Waals surface area contributed by atoms with Crippen molar-refractivity contribution in [1.82, 2.24) is 20.3 Å². The molecule has 5 atom stereocenters. The van der Waals surface area contributed by atoms with Crippen molar-refractivity contribution in [2.45, 2.75) is 69.3 Å². The van der Waals surface area contributed by atoms with Crippen LogP contribution in [0.15, 0.2) is 94.4 Å². The molecular formula is C40H48N4O11S. The molecule has 4 aromatic rings. The van der Waals surface area contributed by atoms with Gasteiger partial charge in [0.2, 0.25) is 15.9 Å². The lowest BCUT2D eigenvalue weighted by molar-refractivity contribution is -0.120. The van der Waals surface area contributed by atoms with Gasteiger partial charge in [-0.25, -0.2) is 18.0 Å². The Labute approximate surface area is 325 Å². The number of ether oxygens (including phenoxy) is 4. The zero-order valence-corrected chi connectivity index (χ0v) is 32.1. The number of furan rings is 1. The molecule has 2 fully saturated rings. The van der Waals surface area contributed by atoms with Gasteiger partial charge in [0.15, 0.2) is 6.29 Å². The zero-order chi connectivity index (χ0) is 39.7. The lowest BCUT2D eigenvalue weighted by Gasteiger charge is -2.31. The number of hydrogen-bond donors (Lipinski definition) is 4. The first-order chi connectivity index (χ1) is 27.0. The average Bonchev–Trinajstić information content (AvgIpc) is 3.93. The highest BCUT2D eigenvalue weighted by atomic mass is 32.2. The number of aliphatic hydroxyl groups is 1. The number of fused-ring (bicyclic) bond motifs is 2. The first-order valence-electron chi connectivity index (χ1n) is 18.6. The van der Waals surface area contributed by atoms with E-state index in [-0.39, 0.29) is 62.5 Å². The summed E-state index contributed by atoms with van der Waals surface area (Å²) in [5, 5.41) is 20.0. The van der Waals surface area contributed by atoms with Gasteiger partial charge in [0.1, 0.15) is 24.8 Å². The maximum atomic E-state index is 14.3. The molecule has 3 aromatic carbocycles. The van der Waals surface area contributed by atoms with Crippen molar-refractivity contribution >= 4 is 39.1 Å². The van der Waals surface area contributed by atoms with E-state index in [1.54, 1.807) is 0 Å². The standard InChI is InChI=1S/C40H48N4O11S/c1-26(2)21-44(22-34(45)33(17-27-9-5-3-6-10-27)43-40(48)55-36-25-53-38-31(36)15-16-51-38)56(49,50)30-13-14-35-32(18-30)29(24-52-35)19-41-37(46)20-42-39(47)54-23-28-11-7-4-8-12-28/h3-14,18,24,26,31,33-34,36,38,45H,15-17,19-23,25H2,1-2H3,(H,41,46)(H,42,47)(H,43,48)/t31-,33-,34+,36?,38+/m0/s1. The molecule has 4 N–H and O–H groups in total. The molecule has 16 heteroatoms. The van der Waals surface area contributed by atoms with Gasteiger partial charge < -0.3 is 44.4 Å². The van der Waals surface area contributed by atoms with Crippen LogP contribution < -0.4 is 16.0 Å². The third kappa shape index (κ3) is 10.6. The smallest absolute Gasteiger partial charge is 0.407 e. The highest BCUT2D eigenvalue weighted by Gasteiger charge is 2.44. The van der Waals surface area contributed by atoms with Crippen LogP contribution in [-0.2, 0) is 53.3 Å². The lowest BCUT2D eigenvalue weighted by atomic mass is 10.0. The average molecular weight is 793 g/mol. The van der Waals surface area contributed by atoms with E-state index in [0.29, 0.717) is 29.6 Å². The van der Waals surface area contributed by atoms with Crippen LogP contribution in [0.4, 0.5) is 9.59 Å². The monoisotopic (exact) mass is 792 g/mol. The fourth-order valence-electron chi connectivity index (χ4n) is 6.73. The van der Waals surface area contributed by atoms with Crippen molar-refractivity contribution in [2.24, 2.45) is 11.8 Å². The summed E-state index contributed by atoms with van der Waals surface area (Å²) in [6.07, 6.45) is -1.39. The number of nitrogens with zero attached hydrogens (tertiary/aromatic N) is 1.